The molecule has 2 fully saturated rings. The summed E-state index contributed by atoms with van der Waals surface area (Å²) in [6.45, 7) is 3.38. The minimum Gasteiger partial charge on any atom is -0.380 e. The third kappa shape index (κ3) is 2.96. The molecule has 21 heavy (non-hydrogen) atoms. The molecule has 0 N–H and O–H groups in total. The highest BCUT2D eigenvalue weighted by Gasteiger charge is 2.39. The van der Waals surface area contributed by atoms with E-state index in [-0.39, 0.29) is 18.1 Å². The normalized spacial score (nSPS) is 26.7. The average Bonchev–Trinajstić information content (AvgIpc) is 3.20. The fourth-order valence-corrected chi connectivity index (χ4v) is 3.36. The van der Waals surface area contributed by atoms with Gasteiger partial charge in [-0.1, -0.05) is 0 Å². The number of ether oxygens (including phenoxy) is 1. The summed E-state index contributed by atoms with van der Waals surface area (Å²) in [6.07, 6.45) is 6.88. The van der Waals surface area contributed by atoms with Crippen LogP contribution in [0.5, 0.6) is 0 Å². The smallest absolute Gasteiger partial charge is 0.240 e. The van der Waals surface area contributed by atoms with Gasteiger partial charge in [0.05, 0.1) is 24.2 Å². The van der Waals surface area contributed by atoms with Crippen molar-refractivity contribution in [2.24, 2.45) is 7.05 Å². The van der Waals surface area contributed by atoms with Gasteiger partial charge in [0.1, 0.15) is 0 Å². The number of aromatic nitrogens is 2. The molecule has 0 spiro atoms. The maximum absolute atomic E-state index is 12.7. The van der Waals surface area contributed by atoms with Crippen molar-refractivity contribution in [2.75, 3.05) is 26.7 Å². The Kier molecular flexibility index (Phi) is 4.26. The molecule has 3 heterocycles. The predicted octanol–water partition coefficient (Wildman–Crippen LogP) is 0.632. The minimum absolute atomic E-state index is 0.0528. The van der Waals surface area contributed by atoms with Gasteiger partial charge in [-0.25, -0.2) is 4.98 Å². The summed E-state index contributed by atoms with van der Waals surface area (Å²) in [5.74, 6) is 0.272. The lowest BCUT2D eigenvalue weighted by molar-refractivity contribution is -0.135. The number of likely N-dealkylation sites (tertiary alicyclic amines) is 2. The van der Waals surface area contributed by atoms with Crippen molar-refractivity contribution in [3.8, 4) is 0 Å². The number of amides is 1. The lowest BCUT2D eigenvalue weighted by Gasteiger charge is -2.27. The summed E-state index contributed by atoms with van der Waals surface area (Å²) in [7, 11) is 3.72. The molecule has 6 heteroatoms. The van der Waals surface area contributed by atoms with E-state index in [0.717, 1.165) is 51.1 Å². The fourth-order valence-electron chi connectivity index (χ4n) is 3.36. The highest BCUT2D eigenvalue weighted by Crippen LogP contribution is 2.25. The van der Waals surface area contributed by atoms with Crippen molar-refractivity contribution in [1.82, 2.24) is 19.4 Å². The molecule has 2 saturated heterocycles. The Morgan fingerprint density at radius 1 is 1.43 bits per heavy atom. The average molecular weight is 292 g/mol. The van der Waals surface area contributed by atoms with Gasteiger partial charge in [-0.2, -0.15) is 0 Å². The van der Waals surface area contributed by atoms with Crippen molar-refractivity contribution < 1.29 is 9.53 Å². The first kappa shape index (κ1) is 14.5. The van der Waals surface area contributed by atoms with Crippen molar-refractivity contribution in [2.45, 2.75) is 38.0 Å². The number of hydrogen-bond donors (Lipinski definition) is 0. The number of imidazole rings is 1. The Hall–Kier alpha value is -1.40. The molecule has 6 nitrogen and oxygen atoms in total. The molecule has 0 saturated carbocycles. The van der Waals surface area contributed by atoms with E-state index in [9.17, 15) is 4.79 Å². The van der Waals surface area contributed by atoms with E-state index in [2.05, 4.69) is 9.88 Å². The molecular weight excluding hydrogens is 268 g/mol. The second-order valence-corrected chi connectivity index (χ2v) is 6.07. The van der Waals surface area contributed by atoms with Crippen LogP contribution in [-0.2, 0) is 23.1 Å². The highest BCUT2D eigenvalue weighted by atomic mass is 16.5. The van der Waals surface area contributed by atoms with Crippen LogP contribution < -0.4 is 0 Å². The van der Waals surface area contributed by atoms with E-state index in [1.807, 2.05) is 22.7 Å². The van der Waals surface area contributed by atoms with E-state index in [0.29, 0.717) is 0 Å². The third-order valence-electron chi connectivity index (χ3n) is 4.68. The molecule has 1 amide bonds. The molecule has 116 valence electrons. The zero-order valence-corrected chi connectivity index (χ0v) is 12.9. The minimum atomic E-state index is -0.0528. The second-order valence-electron chi connectivity index (χ2n) is 6.07. The topological polar surface area (TPSA) is 50.6 Å². The molecular formula is C15H24N4O2. The van der Waals surface area contributed by atoms with E-state index < -0.39 is 0 Å². The van der Waals surface area contributed by atoms with E-state index in [4.69, 9.17) is 4.74 Å². The van der Waals surface area contributed by atoms with Gasteiger partial charge in [-0.3, -0.25) is 9.69 Å². The summed E-state index contributed by atoms with van der Waals surface area (Å²) in [5, 5.41) is 0. The van der Waals surface area contributed by atoms with Crippen LogP contribution >= 0.6 is 0 Å². The lowest BCUT2D eigenvalue weighted by Crippen LogP contribution is -2.44. The zero-order chi connectivity index (χ0) is 14.8. The summed E-state index contributed by atoms with van der Waals surface area (Å²) >= 11 is 0. The predicted molar refractivity (Wildman–Crippen MR) is 78.6 cm³/mol. The molecule has 1 aromatic heterocycles. The highest BCUT2D eigenvalue weighted by molar-refractivity contribution is 5.82. The summed E-state index contributed by atoms with van der Waals surface area (Å²) in [6, 6.07) is -0.0528. The van der Waals surface area contributed by atoms with Crippen LogP contribution in [0.15, 0.2) is 12.5 Å². The molecule has 0 radical (unpaired) electrons. The maximum atomic E-state index is 12.7. The molecule has 1 aromatic rings. The first-order valence-electron chi connectivity index (χ1n) is 7.70. The standard InChI is InChI=1S/C15H24N4O2/c1-17-11-16-8-12(17)9-19-10-13(21-2)7-14(19)15(20)18-5-3-4-6-18/h8,11,13-14H,3-7,9-10H2,1-2H3/t13-,14-/m0/s1. The van der Waals surface area contributed by atoms with Crippen molar-refractivity contribution in [3.05, 3.63) is 18.2 Å². The van der Waals surface area contributed by atoms with Gasteiger partial charge in [-0.15, -0.1) is 0 Å². The van der Waals surface area contributed by atoms with Crippen LogP contribution in [0, 0.1) is 0 Å². The van der Waals surface area contributed by atoms with E-state index >= 15 is 0 Å². The Morgan fingerprint density at radius 2 is 2.19 bits per heavy atom. The van der Waals surface area contributed by atoms with E-state index in [1.165, 1.54) is 0 Å². The van der Waals surface area contributed by atoms with Gasteiger partial charge in [0.15, 0.2) is 0 Å². The molecule has 0 bridgehead atoms. The Bertz CT molecular complexity index is 496. The molecule has 3 rings (SSSR count). The van der Waals surface area contributed by atoms with Crippen molar-refractivity contribution in [3.63, 3.8) is 0 Å². The summed E-state index contributed by atoms with van der Waals surface area (Å²) < 4.78 is 7.51. The van der Waals surface area contributed by atoms with Crippen LogP contribution in [0.25, 0.3) is 0 Å². The number of aryl methyl sites for hydroxylation is 1. The molecule has 2 atom stereocenters. The SMILES string of the molecule is CO[C@H]1C[C@@H](C(=O)N2CCCC2)N(Cc2cncn2C)C1. The van der Waals surface area contributed by atoms with Gasteiger partial charge >= 0.3 is 0 Å². The fraction of sp³-hybridized carbons (Fsp3) is 0.733. The largest absolute Gasteiger partial charge is 0.380 e. The van der Waals surface area contributed by atoms with Crippen LogP contribution in [0.1, 0.15) is 25.0 Å². The number of methoxy groups -OCH3 is 1. The number of hydrogen-bond acceptors (Lipinski definition) is 4. The van der Waals surface area contributed by atoms with Crippen LogP contribution in [-0.4, -0.2) is 64.1 Å². The second kappa shape index (κ2) is 6.15. The summed E-state index contributed by atoms with van der Waals surface area (Å²) in [5.41, 5.74) is 1.13. The van der Waals surface area contributed by atoms with Gasteiger partial charge in [0.25, 0.3) is 0 Å². The maximum Gasteiger partial charge on any atom is 0.240 e. The molecule has 0 unspecified atom stereocenters. The quantitative estimate of drug-likeness (QED) is 0.817. The van der Waals surface area contributed by atoms with Gasteiger partial charge in [0.2, 0.25) is 5.91 Å². The third-order valence-corrected chi connectivity index (χ3v) is 4.68. The van der Waals surface area contributed by atoms with Gasteiger partial charge in [0, 0.05) is 46.5 Å². The number of rotatable bonds is 4. The first-order chi connectivity index (χ1) is 10.2. The number of carbonyl (C=O) groups is 1. The van der Waals surface area contributed by atoms with Crippen LogP contribution in [0.3, 0.4) is 0 Å². The van der Waals surface area contributed by atoms with Crippen LogP contribution in [0.2, 0.25) is 0 Å². The van der Waals surface area contributed by atoms with E-state index in [1.54, 1.807) is 13.4 Å². The zero-order valence-electron chi connectivity index (χ0n) is 12.9. The Morgan fingerprint density at radius 3 is 2.81 bits per heavy atom. The first-order valence-corrected chi connectivity index (χ1v) is 7.70. The molecule has 2 aliphatic heterocycles. The van der Waals surface area contributed by atoms with Crippen LogP contribution in [0.4, 0.5) is 0 Å². The molecule has 0 aliphatic carbocycles. The summed E-state index contributed by atoms with van der Waals surface area (Å²) in [4.78, 5) is 21.2. The molecule has 2 aliphatic rings. The lowest BCUT2D eigenvalue weighted by atomic mass is 10.1. The van der Waals surface area contributed by atoms with Crippen molar-refractivity contribution >= 4 is 5.91 Å². The number of carbonyl (C=O) groups excluding carboxylic acids is 1. The Balaban J connectivity index is 1.72. The monoisotopic (exact) mass is 292 g/mol. The van der Waals surface area contributed by atoms with Crippen molar-refractivity contribution in [1.29, 1.82) is 0 Å². The Labute approximate surface area is 125 Å². The van der Waals surface area contributed by atoms with Gasteiger partial charge in [-0.05, 0) is 19.3 Å². The van der Waals surface area contributed by atoms with Gasteiger partial charge < -0.3 is 14.2 Å². The number of nitrogens with zero attached hydrogens (tertiary/aromatic N) is 4. The molecule has 0 aromatic carbocycles.